The fourth-order valence-electron chi connectivity index (χ4n) is 3.83. The summed E-state index contributed by atoms with van der Waals surface area (Å²) in [5, 5.41) is 0. The van der Waals surface area contributed by atoms with Crippen LogP contribution in [0.25, 0.3) is 0 Å². The number of ether oxygens (including phenoxy) is 3. The second-order valence-corrected chi connectivity index (χ2v) is 12.5. The Balaban J connectivity index is 5.31. The summed E-state index contributed by atoms with van der Waals surface area (Å²) in [5.74, 6) is -1.98. The molecule has 0 saturated heterocycles. The van der Waals surface area contributed by atoms with Crippen LogP contribution >= 0.6 is 7.14 Å². The van der Waals surface area contributed by atoms with Gasteiger partial charge in [0.1, 0.15) is 19.0 Å². The highest BCUT2D eigenvalue weighted by Gasteiger charge is 2.32. The van der Waals surface area contributed by atoms with E-state index in [0.717, 1.165) is 38.5 Å². The van der Waals surface area contributed by atoms with Crippen LogP contribution in [-0.2, 0) is 33.2 Å². The van der Waals surface area contributed by atoms with Gasteiger partial charge in [0.05, 0.1) is 17.8 Å². The third kappa shape index (κ3) is 14.1. The van der Waals surface area contributed by atoms with E-state index in [2.05, 4.69) is 20.8 Å². The van der Waals surface area contributed by atoms with Crippen molar-refractivity contribution in [3.05, 3.63) is 0 Å². The molecule has 0 radical (unpaired) electrons. The lowest BCUT2D eigenvalue weighted by Crippen LogP contribution is -2.23. The van der Waals surface area contributed by atoms with Crippen LogP contribution in [0.15, 0.2) is 0 Å². The van der Waals surface area contributed by atoms with Crippen LogP contribution in [0.4, 0.5) is 0 Å². The summed E-state index contributed by atoms with van der Waals surface area (Å²) in [6, 6.07) is 0. The highest BCUT2D eigenvalue weighted by atomic mass is 31.2. The van der Waals surface area contributed by atoms with E-state index in [1.54, 1.807) is 0 Å². The molecule has 8 heteroatoms. The maximum absolute atomic E-state index is 13.7. The van der Waals surface area contributed by atoms with E-state index in [4.69, 9.17) is 14.2 Å². The van der Waals surface area contributed by atoms with Crippen molar-refractivity contribution in [1.29, 1.82) is 0 Å². The highest BCUT2D eigenvalue weighted by Crippen LogP contribution is 2.46. The molecular formula is C27H51O7P. The Morgan fingerprint density at radius 1 is 0.543 bits per heavy atom. The van der Waals surface area contributed by atoms with Crippen molar-refractivity contribution < 1.29 is 33.2 Å². The van der Waals surface area contributed by atoms with E-state index in [1.807, 2.05) is 20.8 Å². The largest absolute Gasteiger partial charge is 0.457 e. The van der Waals surface area contributed by atoms with Gasteiger partial charge < -0.3 is 18.8 Å². The van der Waals surface area contributed by atoms with Gasteiger partial charge in [0.25, 0.3) is 0 Å². The van der Waals surface area contributed by atoms with Gasteiger partial charge in [-0.3, -0.25) is 14.4 Å². The first kappa shape index (κ1) is 33.6. The smallest absolute Gasteiger partial charge is 0.309 e. The minimum atomic E-state index is -3.44. The number of rotatable bonds is 21. The van der Waals surface area contributed by atoms with E-state index in [0.29, 0.717) is 38.5 Å². The quantitative estimate of drug-likeness (QED) is 0.0881. The predicted molar refractivity (Wildman–Crippen MR) is 140 cm³/mol. The zero-order valence-corrected chi connectivity index (χ0v) is 24.0. The Morgan fingerprint density at radius 2 is 0.800 bits per heavy atom. The first-order valence-electron chi connectivity index (χ1n) is 13.8. The molecule has 0 amide bonds. The number of hydrogen-bond donors (Lipinski definition) is 0. The van der Waals surface area contributed by atoms with E-state index in [9.17, 15) is 18.9 Å². The summed E-state index contributed by atoms with van der Waals surface area (Å²) >= 11 is 0. The standard InChI is InChI=1S/C27H51O7P/c1-7-13-16-22(10-4)25(28)32-19-35(31,20-33-26(29)23(11-5)17-14-8-2)21-34-27(30)24(12-6)18-15-9-3/h22-24H,7-21H2,1-6H3/t22-,23-,24+/m0/s1. The van der Waals surface area contributed by atoms with Crippen LogP contribution in [0.2, 0.25) is 0 Å². The lowest BCUT2D eigenvalue weighted by molar-refractivity contribution is -0.147. The summed E-state index contributed by atoms with van der Waals surface area (Å²) in [5.41, 5.74) is 0. The molecule has 0 heterocycles. The number of esters is 3. The monoisotopic (exact) mass is 518 g/mol. The van der Waals surface area contributed by atoms with Gasteiger partial charge in [0.2, 0.25) is 0 Å². The zero-order chi connectivity index (χ0) is 26.7. The van der Waals surface area contributed by atoms with Gasteiger partial charge in [-0.2, -0.15) is 0 Å². The summed E-state index contributed by atoms with van der Waals surface area (Å²) in [4.78, 5) is 37.8. The summed E-state index contributed by atoms with van der Waals surface area (Å²) in [6.07, 6.45) is 8.51. The molecule has 0 spiro atoms. The minimum Gasteiger partial charge on any atom is -0.457 e. The SMILES string of the molecule is CCCC[C@@H](CC)C(=O)OCP(=O)(COC(=O)[C@@H](CC)CCCC)COC(=O)[C@@H](CC)CCCC. The van der Waals surface area contributed by atoms with Gasteiger partial charge in [-0.15, -0.1) is 0 Å². The molecule has 0 rings (SSSR count). The normalized spacial score (nSPS) is 14.1. The average molecular weight is 519 g/mol. The molecule has 0 saturated carbocycles. The molecule has 0 aliphatic carbocycles. The van der Waals surface area contributed by atoms with Gasteiger partial charge in [-0.1, -0.05) is 80.1 Å². The maximum atomic E-state index is 13.7. The Morgan fingerprint density at radius 3 is 1.00 bits per heavy atom. The van der Waals surface area contributed by atoms with Crippen LogP contribution in [0.1, 0.15) is 119 Å². The van der Waals surface area contributed by atoms with Crippen LogP contribution in [-0.4, -0.2) is 37.0 Å². The fraction of sp³-hybridized carbons (Fsp3) is 0.889. The fourth-order valence-corrected chi connectivity index (χ4v) is 5.14. The Bertz CT molecular complexity index is 564. The van der Waals surface area contributed by atoms with Gasteiger partial charge in [-0.25, -0.2) is 0 Å². The molecule has 0 aliphatic rings. The topological polar surface area (TPSA) is 96.0 Å². The maximum Gasteiger partial charge on any atom is 0.309 e. The molecule has 0 aliphatic heterocycles. The lowest BCUT2D eigenvalue weighted by Gasteiger charge is -2.22. The number of unbranched alkanes of at least 4 members (excludes halogenated alkanes) is 3. The molecule has 35 heavy (non-hydrogen) atoms. The average Bonchev–Trinajstić information content (AvgIpc) is 2.86. The Hall–Kier alpha value is -1.36. The van der Waals surface area contributed by atoms with Crippen LogP contribution < -0.4 is 0 Å². The zero-order valence-electron chi connectivity index (χ0n) is 23.1. The van der Waals surface area contributed by atoms with Crippen molar-refractivity contribution >= 4 is 25.0 Å². The van der Waals surface area contributed by atoms with E-state index in [1.165, 1.54) is 0 Å². The molecule has 7 nitrogen and oxygen atoms in total. The van der Waals surface area contributed by atoms with Gasteiger partial charge in [0, 0.05) is 0 Å². The molecule has 0 fully saturated rings. The van der Waals surface area contributed by atoms with Crippen molar-refractivity contribution in [2.45, 2.75) is 119 Å². The van der Waals surface area contributed by atoms with Crippen molar-refractivity contribution in [3.63, 3.8) is 0 Å². The molecule has 0 aromatic rings. The van der Waals surface area contributed by atoms with E-state index < -0.39 is 44.1 Å². The molecular weight excluding hydrogens is 467 g/mol. The number of carbonyl (C=O) groups excluding carboxylic acids is 3. The second-order valence-electron chi connectivity index (χ2n) is 9.58. The summed E-state index contributed by atoms with van der Waals surface area (Å²) in [7, 11) is -3.44. The van der Waals surface area contributed by atoms with Gasteiger partial charge in [0.15, 0.2) is 7.14 Å². The summed E-state index contributed by atoms with van der Waals surface area (Å²) < 4.78 is 30.0. The molecule has 3 atom stereocenters. The second kappa shape index (κ2) is 19.8. The van der Waals surface area contributed by atoms with Crippen LogP contribution in [0, 0.1) is 17.8 Å². The Labute approximate surface area is 213 Å². The number of hydrogen-bond acceptors (Lipinski definition) is 7. The third-order valence-electron chi connectivity index (χ3n) is 6.52. The van der Waals surface area contributed by atoms with Crippen molar-refractivity contribution in [2.24, 2.45) is 17.8 Å². The summed E-state index contributed by atoms with van der Waals surface area (Å²) in [6.45, 7) is 11.9. The molecule has 206 valence electrons. The van der Waals surface area contributed by atoms with Crippen molar-refractivity contribution in [3.8, 4) is 0 Å². The molecule has 0 unspecified atom stereocenters. The van der Waals surface area contributed by atoms with Gasteiger partial charge in [-0.05, 0) is 38.5 Å². The molecule has 0 aromatic carbocycles. The first-order valence-corrected chi connectivity index (χ1v) is 16.0. The van der Waals surface area contributed by atoms with E-state index in [-0.39, 0.29) is 17.8 Å². The molecule has 0 aromatic heterocycles. The highest BCUT2D eigenvalue weighted by molar-refractivity contribution is 7.63. The van der Waals surface area contributed by atoms with Crippen molar-refractivity contribution in [1.82, 2.24) is 0 Å². The molecule has 0 bridgehead atoms. The molecule has 0 N–H and O–H groups in total. The van der Waals surface area contributed by atoms with Crippen LogP contribution in [0.5, 0.6) is 0 Å². The van der Waals surface area contributed by atoms with Gasteiger partial charge >= 0.3 is 17.9 Å². The van der Waals surface area contributed by atoms with E-state index >= 15 is 0 Å². The van der Waals surface area contributed by atoms with Crippen molar-refractivity contribution in [2.75, 3.05) is 19.0 Å². The predicted octanol–water partition coefficient (Wildman–Crippen LogP) is 7.50. The first-order chi connectivity index (χ1) is 16.7. The lowest BCUT2D eigenvalue weighted by atomic mass is 10.00. The Kier molecular flexibility index (Phi) is 19.0. The minimum absolute atomic E-state index is 0.259. The number of carbonyl (C=O) groups is 3. The third-order valence-corrected chi connectivity index (χ3v) is 8.32. The van der Waals surface area contributed by atoms with Crippen LogP contribution in [0.3, 0.4) is 0 Å².